The van der Waals surface area contributed by atoms with Crippen molar-refractivity contribution in [2.75, 3.05) is 6.79 Å². The summed E-state index contributed by atoms with van der Waals surface area (Å²) >= 11 is 0. The third-order valence-electron chi connectivity index (χ3n) is 4.73. The quantitative estimate of drug-likeness (QED) is 0.476. The lowest BCUT2D eigenvalue weighted by Gasteiger charge is -2.18. The van der Waals surface area contributed by atoms with Crippen LogP contribution in [0.15, 0.2) is 48.7 Å². The Morgan fingerprint density at radius 3 is 2.70 bits per heavy atom. The number of fused-ring (bicyclic) bond motifs is 2. The van der Waals surface area contributed by atoms with Gasteiger partial charge in [0.2, 0.25) is 12.7 Å². The lowest BCUT2D eigenvalue weighted by molar-refractivity contribution is -0.128. The lowest BCUT2D eigenvalue weighted by atomic mass is 10.0. The Kier molecular flexibility index (Phi) is 5.25. The number of hydrogen-bond donors (Lipinski definition) is 4. The molecular formula is C21H20N4O5. The van der Waals surface area contributed by atoms with Crippen molar-refractivity contribution in [3.05, 3.63) is 59.8 Å². The number of H-pyrrole nitrogens is 1. The summed E-state index contributed by atoms with van der Waals surface area (Å²) in [6.45, 7) is 1.43. The number of benzene rings is 2. The molecule has 2 aromatic carbocycles. The highest BCUT2D eigenvalue weighted by Gasteiger charge is 2.23. The molecule has 1 aromatic heterocycles. The fourth-order valence-corrected chi connectivity index (χ4v) is 3.29. The highest BCUT2D eigenvalue weighted by Crippen LogP contribution is 2.32. The molecular weight excluding hydrogens is 388 g/mol. The van der Waals surface area contributed by atoms with E-state index in [1.807, 2.05) is 24.3 Å². The smallest absolute Gasteiger partial charge is 0.269 e. The molecule has 4 N–H and O–H groups in total. The highest BCUT2D eigenvalue weighted by atomic mass is 16.7. The van der Waals surface area contributed by atoms with Crippen molar-refractivity contribution in [1.82, 2.24) is 21.2 Å². The Labute approximate surface area is 171 Å². The molecule has 1 aliphatic heterocycles. The first-order valence-electron chi connectivity index (χ1n) is 9.33. The summed E-state index contributed by atoms with van der Waals surface area (Å²) in [5, 5.41) is 3.59. The van der Waals surface area contributed by atoms with Crippen molar-refractivity contribution in [2.45, 2.75) is 19.4 Å². The summed E-state index contributed by atoms with van der Waals surface area (Å²) in [6.07, 6.45) is 2.06. The molecule has 0 unspecified atom stereocenters. The van der Waals surface area contributed by atoms with Crippen molar-refractivity contribution < 1.29 is 23.9 Å². The normalized spacial score (nSPS) is 13.0. The number of nitrogens with one attached hydrogen (secondary N) is 4. The highest BCUT2D eigenvalue weighted by molar-refractivity contribution is 5.97. The molecule has 0 spiro atoms. The Morgan fingerprint density at radius 2 is 1.87 bits per heavy atom. The van der Waals surface area contributed by atoms with E-state index in [2.05, 4.69) is 21.2 Å². The molecule has 154 valence electrons. The van der Waals surface area contributed by atoms with Crippen molar-refractivity contribution in [2.24, 2.45) is 0 Å². The minimum atomic E-state index is -0.862. The van der Waals surface area contributed by atoms with Crippen LogP contribution in [0.2, 0.25) is 0 Å². The molecule has 0 saturated heterocycles. The van der Waals surface area contributed by atoms with E-state index in [4.69, 9.17) is 9.47 Å². The molecule has 3 amide bonds. The Bertz CT molecular complexity index is 1120. The first-order valence-corrected chi connectivity index (χ1v) is 9.33. The summed E-state index contributed by atoms with van der Waals surface area (Å²) in [6, 6.07) is 11.5. The fraction of sp³-hybridized carbons (Fsp3) is 0.190. The number of hydrogen-bond acceptors (Lipinski definition) is 5. The van der Waals surface area contributed by atoms with Crippen LogP contribution in [0.5, 0.6) is 11.5 Å². The van der Waals surface area contributed by atoms with E-state index in [0.717, 1.165) is 16.5 Å². The van der Waals surface area contributed by atoms with Gasteiger partial charge < -0.3 is 19.8 Å². The maximum atomic E-state index is 12.7. The van der Waals surface area contributed by atoms with E-state index in [1.165, 1.54) is 13.0 Å². The van der Waals surface area contributed by atoms with Gasteiger partial charge in [-0.1, -0.05) is 18.2 Å². The molecule has 0 saturated carbocycles. The summed E-state index contributed by atoms with van der Waals surface area (Å²) in [5.74, 6) is -0.388. The van der Waals surface area contributed by atoms with Gasteiger partial charge in [-0.15, -0.1) is 0 Å². The van der Waals surface area contributed by atoms with Crippen LogP contribution < -0.4 is 25.6 Å². The third-order valence-corrected chi connectivity index (χ3v) is 4.73. The summed E-state index contributed by atoms with van der Waals surface area (Å²) < 4.78 is 10.5. The number of hydrazine groups is 1. The van der Waals surface area contributed by atoms with Crippen LogP contribution in [0.4, 0.5) is 0 Å². The Balaban J connectivity index is 1.43. The third kappa shape index (κ3) is 4.04. The van der Waals surface area contributed by atoms with Crippen LogP contribution >= 0.6 is 0 Å². The molecule has 2 heterocycles. The van der Waals surface area contributed by atoms with Gasteiger partial charge in [0.1, 0.15) is 6.04 Å². The summed E-state index contributed by atoms with van der Waals surface area (Å²) in [4.78, 5) is 39.8. The fourth-order valence-electron chi connectivity index (χ4n) is 3.29. The van der Waals surface area contributed by atoms with Crippen molar-refractivity contribution >= 4 is 28.6 Å². The standard InChI is InChI=1S/C21H20N4O5/c1-12(26)23-17(8-14-10-22-16-5-3-2-4-15(14)16)21(28)25-24-20(27)13-6-7-18-19(9-13)30-11-29-18/h2-7,9-10,17,22H,8,11H2,1H3,(H,23,26)(H,24,27)(H,25,28)/t17-/m1/s1. The molecule has 9 nitrogen and oxygen atoms in total. The van der Waals surface area contributed by atoms with Crippen LogP contribution in [-0.4, -0.2) is 35.5 Å². The molecule has 9 heteroatoms. The van der Waals surface area contributed by atoms with Gasteiger partial charge in [0.05, 0.1) is 0 Å². The topological polar surface area (TPSA) is 122 Å². The molecule has 3 aromatic rings. The van der Waals surface area contributed by atoms with Crippen LogP contribution in [0.25, 0.3) is 10.9 Å². The minimum absolute atomic E-state index is 0.101. The lowest BCUT2D eigenvalue weighted by Crippen LogP contribution is -2.52. The number of aromatic nitrogens is 1. The Hall–Kier alpha value is -4.01. The van der Waals surface area contributed by atoms with Gasteiger partial charge >= 0.3 is 0 Å². The van der Waals surface area contributed by atoms with E-state index in [1.54, 1.807) is 18.3 Å². The molecule has 0 radical (unpaired) electrons. The zero-order valence-corrected chi connectivity index (χ0v) is 16.2. The molecule has 30 heavy (non-hydrogen) atoms. The predicted molar refractivity (Wildman–Crippen MR) is 108 cm³/mol. The van der Waals surface area contributed by atoms with Crippen LogP contribution in [0.1, 0.15) is 22.8 Å². The molecule has 4 rings (SSSR count). The van der Waals surface area contributed by atoms with Crippen molar-refractivity contribution in [1.29, 1.82) is 0 Å². The van der Waals surface area contributed by atoms with E-state index >= 15 is 0 Å². The Morgan fingerprint density at radius 1 is 1.07 bits per heavy atom. The predicted octanol–water partition coefficient (Wildman–Crippen LogP) is 1.40. The summed E-state index contributed by atoms with van der Waals surface area (Å²) in [7, 11) is 0. The second-order valence-corrected chi connectivity index (χ2v) is 6.83. The monoisotopic (exact) mass is 408 g/mol. The van der Waals surface area contributed by atoms with Gasteiger partial charge in [0, 0.05) is 36.0 Å². The van der Waals surface area contributed by atoms with Crippen LogP contribution in [0.3, 0.4) is 0 Å². The first kappa shape index (κ1) is 19.3. The molecule has 0 aliphatic carbocycles. The molecule has 0 fully saturated rings. The largest absolute Gasteiger partial charge is 0.454 e. The van der Waals surface area contributed by atoms with Crippen LogP contribution in [0, 0.1) is 0 Å². The SMILES string of the molecule is CC(=O)N[C@H](Cc1c[nH]c2ccccc12)C(=O)NNC(=O)c1ccc2c(c1)OCO2. The minimum Gasteiger partial charge on any atom is -0.454 e. The number of carbonyl (C=O) groups excluding carboxylic acids is 3. The van der Waals surface area contributed by atoms with Crippen LogP contribution in [-0.2, 0) is 16.0 Å². The van der Waals surface area contributed by atoms with Gasteiger partial charge in [-0.2, -0.15) is 0 Å². The molecule has 1 aliphatic rings. The zero-order chi connectivity index (χ0) is 21.1. The van der Waals surface area contributed by atoms with Gasteiger partial charge in [-0.25, -0.2) is 0 Å². The van der Waals surface area contributed by atoms with Crippen molar-refractivity contribution in [3.8, 4) is 11.5 Å². The number of aromatic amines is 1. The average molecular weight is 408 g/mol. The van der Waals surface area contributed by atoms with E-state index < -0.39 is 17.9 Å². The van der Waals surface area contributed by atoms with E-state index in [9.17, 15) is 14.4 Å². The maximum Gasteiger partial charge on any atom is 0.269 e. The second-order valence-electron chi connectivity index (χ2n) is 6.83. The van der Waals surface area contributed by atoms with Gasteiger partial charge in [-0.05, 0) is 29.8 Å². The zero-order valence-electron chi connectivity index (χ0n) is 16.2. The summed E-state index contributed by atoms with van der Waals surface area (Å²) in [5.41, 5.74) is 6.86. The van der Waals surface area contributed by atoms with E-state index in [0.29, 0.717) is 17.1 Å². The number of para-hydroxylation sites is 1. The van der Waals surface area contributed by atoms with Gasteiger partial charge in [-0.3, -0.25) is 25.2 Å². The second kappa shape index (κ2) is 8.16. The number of rotatable bonds is 5. The van der Waals surface area contributed by atoms with Gasteiger partial charge in [0.15, 0.2) is 11.5 Å². The van der Waals surface area contributed by atoms with Crippen molar-refractivity contribution in [3.63, 3.8) is 0 Å². The molecule has 1 atom stereocenters. The average Bonchev–Trinajstić information content (AvgIpc) is 3.37. The molecule has 0 bridgehead atoms. The van der Waals surface area contributed by atoms with E-state index in [-0.39, 0.29) is 19.1 Å². The number of carbonyl (C=O) groups is 3. The maximum absolute atomic E-state index is 12.7. The number of ether oxygens (including phenoxy) is 2. The van der Waals surface area contributed by atoms with Gasteiger partial charge in [0.25, 0.3) is 11.8 Å². The first-order chi connectivity index (χ1) is 14.5. The number of amides is 3.